The second-order valence-electron chi connectivity index (χ2n) is 5.25. The van der Waals surface area contributed by atoms with Crippen LogP contribution >= 0.6 is 11.3 Å². The van der Waals surface area contributed by atoms with Crippen molar-refractivity contribution in [1.82, 2.24) is 10.0 Å². The fourth-order valence-electron chi connectivity index (χ4n) is 1.98. The Morgan fingerprint density at radius 3 is 2.35 bits per heavy atom. The molecular weight excluding hydrogens is 296 g/mol. The zero-order valence-corrected chi connectivity index (χ0v) is 14.1. The number of nitrogens with one attached hydrogen (secondary N) is 2. The number of thiophene rings is 1. The van der Waals surface area contributed by atoms with Crippen molar-refractivity contribution in [2.45, 2.75) is 33.7 Å². The van der Waals surface area contributed by atoms with Gasteiger partial charge in [-0.05, 0) is 31.4 Å². The van der Waals surface area contributed by atoms with Gasteiger partial charge in [0.25, 0.3) is 0 Å². The quantitative estimate of drug-likeness (QED) is 0.839. The maximum absolute atomic E-state index is 11.9. The Balaban J connectivity index is 2.79. The predicted octanol–water partition coefficient (Wildman–Crippen LogP) is 1.73. The Bertz CT molecular complexity index is 576. The number of sulfonamides is 1. The summed E-state index contributed by atoms with van der Waals surface area (Å²) in [6.45, 7) is 7.89. The molecule has 0 spiro atoms. The van der Waals surface area contributed by atoms with Crippen LogP contribution in [0.3, 0.4) is 0 Å². The van der Waals surface area contributed by atoms with E-state index in [4.69, 9.17) is 0 Å². The summed E-state index contributed by atoms with van der Waals surface area (Å²) in [7, 11) is -3.35. The standard InChI is InChI=1S/C13H22N2O3S2/c1-8(2)13(11-6-9(3)19-10(11)4)15-12(16)7-14-20(5,17)18/h6,8,13-14H,7H2,1-5H3,(H,15,16)/t13-/m0/s1. The first-order chi connectivity index (χ1) is 9.10. The largest absolute Gasteiger partial charge is 0.348 e. The van der Waals surface area contributed by atoms with Crippen molar-refractivity contribution in [3.05, 3.63) is 21.4 Å². The van der Waals surface area contributed by atoms with E-state index in [2.05, 4.69) is 16.1 Å². The number of hydrogen-bond acceptors (Lipinski definition) is 4. The first-order valence-corrected chi connectivity index (χ1v) is 9.12. The molecule has 1 atom stereocenters. The van der Waals surface area contributed by atoms with Gasteiger partial charge in [-0.3, -0.25) is 4.79 Å². The molecule has 0 unspecified atom stereocenters. The van der Waals surface area contributed by atoms with Crippen LogP contribution in [0.5, 0.6) is 0 Å². The summed E-state index contributed by atoms with van der Waals surface area (Å²) < 4.78 is 24.2. The van der Waals surface area contributed by atoms with Crippen LogP contribution in [0.4, 0.5) is 0 Å². The molecule has 0 saturated carbocycles. The predicted molar refractivity (Wildman–Crippen MR) is 82.4 cm³/mol. The molecule has 114 valence electrons. The van der Waals surface area contributed by atoms with Crippen LogP contribution in [0.2, 0.25) is 0 Å². The van der Waals surface area contributed by atoms with Crippen LogP contribution < -0.4 is 10.0 Å². The molecule has 0 saturated heterocycles. The molecule has 1 aromatic heterocycles. The first-order valence-electron chi connectivity index (χ1n) is 6.41. The summed E-state index contributed by atoms with van der Waals surface area (Å²) in [6, 6.07) is 1.98. The topological polar surface area (TPSA) is 75.3 Å². The summed E-state index contributed by atoms with van der Waals surface area (Å²) in [6.07, 6.45) is 1.03. The van der Waals surface area contributed by atoms with Crippen LogP contribution in [0, 0.1) is 19.8 Å². The molecule has 0 aromatic carbocycles. The van der Waals surface area contributed by atoms with Crippen molar-refractivity contribution in [2.24, 2.45) is 5.92 Å². The Hall–Kier alpha value is -0.920. The molecule has 20 heavy (non-hydrogen) atoms. The Morgan fingerprint density at radius 1 is 1.35 bits per heavy atom. The number of carbonyl (C=O) groups excluding carboxylic acids is 1. The van der Waals surface area contributed by atoms with Gasteiger partial charge in [0, 0.05) is 9.75 Å². The second kappa shape index (κ2) is 6.69. The molecule has 0 aliphatic rings. The highest BCUT2D eigenvalue weighted by atomic mass is 32.2. The van der Waals surface area contributed by atoms with Gasteiger partial charge in [0.2, 0.25) is 15.9 Å². The zero-order chi connectivity index (χ0) is 15.5. The van der Waals surface area contributed by atoms with E-state index in [9.17, 15) is 13.2 Å². The van der Waals surface area contributed by atoms with Crippen LogP contribution in [0.1, 0.15) is 35.2 Å². The number of amides is 1. The van der Waals surface area contributed by atoms with Gasteiger partial charge in [-0.1, -0.05) is 13.8 Å². The summed E-state index contributed by atoms with van der Waals surface area (Å²) in [5, 5.41) is 2.90. The molecule has 0 aliphatic carbocycles. The van der Waals surface area contributed by atoms with E-state index >= 15 is 0 Å². The molecule has 1 rings (SSSR count). The fraction of sp³-hybridized carbons (Fsp3) is 0.615. The third kappa shape index (κ3) is 5.22. The Labute approximate surface area is 124 Å². The van der Waals surface area contributed by atoms with Crippen LogP contribution in [-0.2, 0) is 14.8 Å². The van der Waals surface area contributed by atoms with Gasteiger partial charge in [0.05, 0.1) is 18.8 Å². The molecule has 0 radical (unpaired) electrons. The maximum Gasteiger partial charge on any atom is 0.235 e. The molecular formula is C13H22N2O3S2. The van der Waals surface area contributed by atoms with E-state index in [1.807, 2.05) is 27.7 Å². The van der Waals surface area contributed by atoms with Crippen LogP contribution in [-0.4, -0.2) is 27.1 Å². The first kappa shape index (κ1) is 17.1. The van der Waals surface area contributed by atoms with E-state index in [0.29, 0.717) is 0 Å². The molecule has 1 heterocycles. The Kier molecular flexibility index (Phi) is 5.73. The zero-order valence-electron chi connectivity index (χ0n) is 12.5. The van der Waals surface area contributed by atoms with E-state index in [-0.39, 0.29) is 24.4 Å². The lowest BCUT2D eigenvalue weighted by molar-refractivity contribution is -0.121. The average Bonchev–Trinajstić information content (AvgIpc) is 2.61. The summed E-state index contributed by atoms with van der Waals surface area (Å²) in [4.78, 5) is 14.2. The van der Waals surface area contributed by atoms with Crippen molar-refractivity contribution >= 4 is 27.3 Å². The summed E-state index contributed by atoms with van der Waals surface area (Å²) >= 11 is 1.70. The molecule has 0 bridgehead atoms. The maximum atomic E-state index is 11.9. The van der Waals surface area contributed by atoms with Gasteiger partial charge in [-0.15, -0.1) is 11.3 Å². The van der Waals surface area contributed by atoms with E-state index < -0.39 is 10.0 Å². The van der Waals surface area contributed by atoms with E-state index in [1.54, 1.807) is 11.3 Å². The number of hydrogen-bond donors (Lipinski definition) is 2. The van der Waals surface area contributed by atoms with Crippen LogP contribution in [0.15, 0.2) is 6.07 Å². The molecule has 1 amide bonds. The monoisotopic (exact) mass is 318 g/mol. The number of rotatable bonds is 6. The Morgan fingerprint density at radius 2 is 1.95 bits per heavy atom. The minimum absolute atomic E-state index is 0.103. The van der Waals surface area contributed by atoms with Crippen LogP contribution in [0.25, 0.3) is 0 Å². The SMILES string of the molecule is Cc1cc([C@@H](NC(=O)CNS(C)(=O)=O)C(C)C)c(C)s1. The van der Waals surface area contributed by atoms with Gasteiger partial charge in [0.1, 0.15) is 0 Å². The molecule has 5 nitrogen and oxygen atoms in total. The fourth-order valence-corrected chi connectivity index (χ4v) is 3.35. The smallest absolute Gasteiger partial charge is 0.235 e. The van der Waals surface area contributed by atoms with Gasteiger partial charge in [0.15, 0.2) is 0 Å². The van der Waals surface area contributed by atoms with E-state index in [0.717, 1.165) is 11.8 Å². The van der Waals surface area contributed by atoms with Gasteiger partial charge in [-0.2, -0.15) is 0 Å². The van der Waals surface area contributed by atoms with Gasteiger partial charge >= 0.3 is 0 Å². The van der Waals surface area contributed by atoms with Crippen molar-refractivity contribution in [3.8, 4) is 0 Å². The van der Waals surface area contributed by atoms with Gasteiger partial charge in [-0.25, -0.2) is 13.1 Å². The molecule has 2 N–H and O–H groups in total. The molecule has 1 aromatic rings. The number of aryl methyl sites for hydroxylation is 2. The highest BCUT2D eigenvalue weighted by Crippen LogP contribution is 2.30. The van der Waals surface area contributed by atoms with Crippen molar-refractivity contribution in [1.29, 1.82) is 0 Å². The average molecular weight is 318 g/mol. The van der Waals surface area contributed by atoms with E-state index in [1.165, 1.54) is 9.75 Å². The highest BCUT2D eigenvalue weighted by Gasteiger charge is 2.21. The molecule has 0 fully saturated rings. The molecule has 7 heteroatoms. The minimum atomic E-state index is -3.35. The lowest BCUT2D eigenvalue weighted by atomic mass is 9.96. The minimum Gasteiger partial charge on any atom is -0.348 e. The molecule has 0 aliphatic heterocycles. The normalized spacial score (nSPS) is 13.5. The second-order valence-corrected chi connectivity index (χ2v) is 8.54. The summed E-state index contributed by atoms with van der Waals surface area (Å²) in [5.41, 5.74) is 1.11. The van der Waals surface area contributed by atoms with Crippen molar-refractivity contribution < 1.29 is 13.2 Å². The third-order valence-electron chi connectivity index (χ3n) is 2.89. The number of carbonyl (C=O) groups is 1. The van der Waals surface area contributed by atoms with Crippen molar-refractivity contribution in [2.75, 3.05) is 12.8 Å². The summed E-state index contributed by atoms with van der Waals surface area (Å²) in [5.74, 6) is -0.0951. The highest BCUT2D eigenvalue weighted by molar-refractivity contribution is 7.88. The lowest BCUT2D eigenvalue weighted by Gasteiger charge is -2.22. The lowest BCUT2D eigenvalue weighted by Crippen LogP contribution is -2.39. The third-order valence-corrected chi connectivity index (χ3v) is 4.54. The van der Waals surface area contributed by atoms with Crippen molar-refractivity contribution in [3.63, 3.8) is 0 Å². The van der Waals surface area contributed by atoms with Gasteiger partial charge < -0.3 is 5.32 Å².